The fraction of sp³-hybridized carbons (Fsp3) is 0.357. The van der Waals surface area contributed by atoms with Crippen molar-refractivity contribution in [2.24, 2.45) is 0 Å². The molecule has 0 radical (unpaired) electrons. The average molecular weight is 260 g/mol. The van der Waals surface area contributed by atoms with E-state index in [-0.39, 0.29) is 5.78 Å². The van der Waals surface area contributed by atoms with Gasteiger partial charge in [0.1, 0.15) is 11.9 Å². The predicted molar refractivity (Wildman–Crippen MR) is 71.4 cm³/mol. The number of imidazole rings is 1. The molecule has 0 aliphatic heterocycles. The Kier molecular flexibility index (Phi) is 3.14. The highest BCUT2D eigenvalue weighted by Gasteiger charge is 2.21. The number of Topliss-reactive ketones (excluding diaryl/α,β-unsaturated/α-hetero) is 1. The van der Waals surface area contributed by atoms with Crippen LogP contribution in [0.3, 0.4) is 0 Å². The van der Waals surface area contributed by atoms with Gasteiger partial charge >= 0.3 is 6.09 Å². The Morgan fingerprint density at radius 3 is 2.53 bits per heavy atom. The number of para-hydroxylation sites is 1. The van der Waals surface area contributed by atoms with Gasteiger partial charge in [-0.25, -0.2) is 14.3 Å². The normalized spacial score (nSPS) is 11.6. The van der Waals surface area contributed by atoms with E-state index in [1.54, 1.807) is 39.0 Å². The van der Waals surface area contributed by atoms with Crippen LogP contribution in [0.2, 0.25) is 0 Å². The minimum atomic E-state index is -0.598. The zero-order valence-corrected chi connectivity index (χ0v) is 11.4. The van der Waals surface area contributed by atoms with E-state index in [2.05, 4.69) is 4.98 Å². The molecule has 0 bridgehead atoms. The summed E-state index contributed by atoms with van der Waals surface area (Å²) >= 11 is 0. The lowest BCUT2D eigenvalue weighted by Crippen LogP contribution is -2.27. The molecule has 0 atom stereocenters. The molecule has 5 nitrogen and oxygen atoms in total. The van der Waals surface area contributed by atoms with Crippen molar-refractivity contribution < 1.29 is 14.3 Å². The van der Waals surface area contributed by atoms with Crippen LogP contribution in [0, 0.1) is 0 Å². The van der Waals surface area contributed by atoms with Gasteiger partial charge in [-0.15, -0.1) is 0 Å². The van der Waals surface area contributed by atoms with Crippen LogP contribution < -0.4 is 0 Å². The van der Waals surface area contributed by atoms with Crippen LogP contribution in [0.25, 0.3) is 11.0 Å². The second kappa shape index (κ2) is 4.50. The number of ether oxygens (including phenoxy) is 1. The first kappa shape index (κ1) is 13.3. The van der Waals surface area contributed by atoms with E-state index < -0.39 is 11.7 Å². The third-order valence-corrected chi connectivity index (χ3v) is 2.54. The summed E-state index contributed by atoms with van der Waals surface area (Å²) in [5.41, 5.74) is 0.947. The minimum absolute atomic E-state index is 0.115. The van der Waals surface area contributed by atoms with E-state index in [1.165, 1.54) is 17.8 Å². The number of rotatable bonds is 1. The van der Waals surface area contributed by atoms with Gasteiger partial charge in [0.15, 0.2) is 5.78 Å². The van der Waals surface area contributed by atoms with Crippen molar-refractivity contribution in [3.05, 3.63) is 30.1 Å². The van der Waals surface area contributed by atoms with Crippen molar-refractivity contribution >= 4 is 22.9 Å². The van der Waals surface area contributed by atoms with Crippen LogP contribution in [0.1, 0.15) is 38.1 Å². The Balaban J connectivity index is 2.56. The number of carbonyl (C=O) groups is 2. The lowest BCUT2D eigenvalue weighted by atomic mass is 10.1. The molecule has 2 rings (SSSR count). The summed E-state index contributed by atoms with van der Waals surface area (Å²) in [6, 6.07) is 5.17. The summed E-state index contributed by atoms with van der Waals surface area (Å²) in [7, 11) is 0. The molecule has 0 spiro atoms. The number of fused-ring (bicyclic) bond motifs is 1. The number of benzene rings is 1. The maximum absolute atomic E-state index is 12.1. The van der Waals surface area contributed by atoms with E-state index in [4.69, 9.17) is 4.74 Å². The molecule has 0 aliphatic carbocycles. The Hall–Kier alpha value is -2.17. The number of nitrogens with zero attached hydrogens (tertiary/aromatic N) is 2. The zero-order valence-electron chi connectivity index (χ0n) is 11.4. The molecular formula is C14H16N2O3. The summed E-state index contributed by atoms with van der Waals surface area (Å²) in [5, 5.41) is 0. The lowest BCUT2D eigenvalue weighted by Gasteiger charge is -2.19. The van der Waals surface area contributed by atoms with Crippen molar-refractivity contribution in [2.45, 2.75) is 33.3 Å². The lowest BCUT2D eigenvalue weighted by molar-refractivity contribution is 0.0543. The Morgan fingerprint density at radius 2 is 1.95 bits per heavy atom. The van der Waals surface area contributed by atoms with Crippen LogP contribution >= 0.6 is 0 Å². The fourth-order valence-electron chi connectivity index (χ4n) is 1.80. The van der Waals surface area contributed by atoms with Gasteiger partial charge in [0, 0.05) is 5.56 Å². The van der Waals surface area contributed by atoms with Crippen molar-refractivity contribution in [2.75, 3.05) is 0 Å². The molecule has 0 fully saturated rings. The van der Waals surface area contributed by atoms with E-state index >= 15 is 0 Å². The standard InChI is InChI=1S/C14H16N2O3/c1-9(17)10-6-5-7-11-12(10)16(8-15-11)13(18)19-14(2,3)4/h5-8H,1-4H3. The molecule has 2 aromatic rings. The molecule has 0 unspecified atom stereocenters. The first-order chi connectivity index (χ1) is 8.79. The van der Waals surface area contributed by atoms with Crippen molar-refractivity contribution in [1.82, 2.24) is 9.55 Å². The second-order valence-electron chi connectivity index (χ2n) is 5.32. The van der Waals surface area contributed by atoms with E-state index in [1.807, 2.05) is 0 Å². The maximum Gasteiger partial charge on any atom is 0.420 e. The van der Waals surface area contributed by atoms with Gasteiger partial charge in [-0.3, -0.25) is 4.79 Å². The van der Waals surface area contributed by atoms with E-state index in [0.29, 0.717) is 16.6 Å². The summed E-state index contributed by atoms with van der Waals surface area (Å²) in [6.07, 6.45) is 0.842. The third kappa shape index (κ3) is 2.65. The molecule has 0 saturated heterocycles. The number of hydrogen-bond acceptors (Lipinski definition) is 4. The van der Waals surface area contributed by atoms with Gasteiger partial charge in [-0.05, 0) is 39.8 Å². The summed E-state index contributed by atoms with van der Waals surface area (Å²) in [4.78, 5) is 27.8. The second-order valence-corrected chi connectivity index (χ2v) is 5.32. The number of hydrogen-bond donors (Lipinski definition) is 0. The molecule has 1 aromatic heterocycles. The van der Waals surface area contributed by atoms with Crippen LogP contribution in [-0.4, -0.2) is 27.0 Å². The fourth-order valence-corrected chi connectivity index (χ4v) is 1.80. The van der Waals surface area contributed by atoms with Gasteiger partial charge in [-0.1, -0.05) is 6.07 Å². The topological polar surface area (TPSA) is 61.2 Å². The minimum Gasteiger partial charge on any atom is -0.443 e. The summed E-state index contributed by atoms with van der Waals surface area (Å²) in [5.74, 6) is -0.115. The van der Waals surface area contributed by atoms with Gasteiger partial charge in [0.05, 0.1) is 11.0 Å². The molecule has 19 heavy (non-hydrogen) atoms. The molecule has 1 heterocycles. The molecular weight excluding hydrogens is 244 g/mol. The number of aromatic nitrogens is 2. The Morgan fingerprint density at radius 1 is 1.26 bits per heavy atom. The van der Waals surface area contributed by atoms with E-state index in [0.717, 1.165) is 0 Å². The quantitative estimate of drug-likeness (QED) is 0.739. The maximum atomic E-state index is 12.1. The van der Waals surface area contributed by atoms with Gasteiger partial charge in [-0.2, -0.15) is 0 Å². The predicted octanol–water partition coefficient (Wildman–Crippen LogP) is 3.02. The van der Waals surface area contributed by atoms with Gasteiger partial charge in [0.25, 0.3) is 0 Å². The molecule has 0 aliphatic rings. The number of ketones is 1. The first-order valence-corrected chi connectivity index (χ1v) is 6.00. The van der Waals surface area contributed by atoms with Crippen molar-refractivity contribution in [3.8, 4) is 0 Å². The highest BCUT2D eigenvalue weighted by atomic mass is 16.6. The zero-order chi connectivity index (χ0) is 14.2. The number of carbonyl (C=O) groups excluding carboxylic acids is 2. The molecule has 5 heteroatoms. The Labute approximate surface area is 111 Å². The van der Waals surface area contributed by atoms with Gasteiger partial charge in [0.2, 0.25) is 0 Å². The molecule has 0 amide bonds. The van der Waals surface area contributed by atoms with Crippen molar-refractivity contribution in [3.63, 3.8) is 0 Å². The molecule has 0 N–H and O–H groups in total. The molecule has 100 valence electrons. The molecule has 0 saturated carbocycles. The van der Waals surface area contributed by atoms with Crippen molar-refractivity contribution in [1.29, 1.82) is 0 Å². The smallest absolute Gasteiger partial charge is 0.420 e. The van der Waals surface area contributed by atoms with Gasteiger partial charge < -0.3 is 4.74 Å². The molecule has 1 aromatic carbocycles. The third-order valence-electron chi connectivity index (χ3n) is 2.54. The Bertz CT molecular complexity index is 650. The highest BCUT2D eigenvalue weighted by molar-refractivity contribution is 6.06. The van der Waals surface area contributed by atoms with Crippen LogP contribution in [0.15, 0.2) is 24.5 Å². The average Bonchev–Trinajstić information content (AvgIpc) is 2.69. The SMILES string of the molecule is CC(=O)c1cccc2ncn(C(=O)OC(C)(C)C)c12. The summed E-state index contributed by atoms with van der Waals surface area (Å²) in [6.45, 7) is 6.82. The highest BCUT2D eigenvalue weighted by Crippen LogP contribution is 2.20. The van der Waals surface area contributed by atoms with Crippen LogP contribution in [-0.2, 0) is 4.74 Å². The monoisotopic (exact) mass is 260 g/mol. The van der Waals surface area contributed by atoms with Crippen LogP contribution in [0.5, 0.6) is 0 Å². The van der Waals surface area contributed by atoms with E-state index in [9.17, 15) is 9.59 Å². The largest absolute Gasteiger partial charge is 0.443 e. The van der Waals surface area contributed by atoms with Crippen LogP contribution in [0.4, 0.5) is 4.79 Å². The first-order valence-electron chi connectivity index (χ1n) is 6.00. The summed E-state index contributed by atoms with van der Waals surface area (Å²) < 4.78 is 6.57.